The van der Waals surface area contributed by atoms with Crippen molar-refractivity contribution in [1.29, 1.82) is 0 Å². The van der Waals surface area contributed by atoms with Gasteiger partial charge in [0.2, 0.25) is 0 Å². The van der Waals surface area contributed by atoms with E-state index in [0.717, 1.165) is 20.9 Å². The second kappa shape index (κ2) is 7.04. The Morgan fingerprint density at radius 3 is 2.54 bits per heavy atom. The normalized spacial score (nSPS) is 27.7. The number of fused-ring (bicyclic) bond motifs is 5. The highest BCUT2D eigenvalue weighted by Crippen LogP contribution is 2.61. The number of carbonyl (C=O) groups is 2. The minimum atomic E-state index is -1.15. The first-order valence-electron chi connectivity index (χ1n) is 11.7. The van der Waals surface area contributed by atoms with E-state index in [1.54, 1.807) is 13.0 Å². The molecule has 1 N–H and O–H groups in total. The molecule has 0 saturated heterocycles. The van der Waals surface area contributed by atoms with Gasteiger partial charge in [-0.05, 0) is 47.4 Å². The number of hydrogen-bond acceptors (Lipinski definition) is 5. The van der Waals surface area contributed by atoms with Crippen molar-refractivity contribution in [2.75, 3.05) is 0 Å². The van der Waals surface area contributed by atoms with Gasteiger partial charge < -0.3 is 5.11 Å². The second-order valence-corrected chi connectivity index (χ2v) is 10.1. The zero-order chi connectivity index (χ0) is 24.8. The van der Waals surface area contributed by atoms with Gasteiger partial charge in [0.15, 0.2) is 11.6 Å². The van der Waals surface area contributed by atoms with E-state index in [2.05, 4.69) is 0 Å². The average molecular weight is 472 g/mol. The molecule has 1 aliphatic heterocycles. The van der Waals surface area contributed by atoms with Crippen LogP contribution in [0.25, 0.3) is 10.8 Å². The topological polar surface area (TPSA) is 103 Å². The van der Waals surface area contributed by atoms with Crippen LogP contribution in [0.1, 0.15) is 37.8 Å². The molecular formula is C27H25N3O5. The van der Waals surface area contributed by atoms with Gasteiger partial charge in [-0.15, -0.1) is 0 Å². The van der Waals surface area contributed by atoms with Crippen LogP contribution in [0.2, 0.25) is 0 Å². The first kappa shape index (κ1) is 21.6. The third kappa shape index (κ3) is 2.62. The Labute approximate surface area is 200 Å². The second-order valence-electron chi connectivity index (χ2n) is 10.1. The van der Waals surface area contributed by atoms with E-state index >= 15 is 0 Å². The van der Waals surface area contributed by atoms with E-state index in [4.69, 9.17) is 0 Å². The molecule has 0 bridgehead atoms. The summed E-state index contributed by atoms with van der Waals surface area (Å²) in [6.07, 6.45) is 3.51. The van der Waals surface area contributed by atoms with Crippen LogP contribution >= 0.6 is 0 Å². The minimum Gasteiger partial charge on any atom is -0.508 e. The monoisotopic (exact) mass is 471 g/mol. The number of allylic oxidation sites excluding steroid dienone is 4. The van der Waals surface area contributed by atoms with E-state index in [1.165, 1.54) is 22.5 Å². The van der Waals surface area contributed by atoms with Crippen LogP contribution in [-0.4, -0.2) is 30.6 Å². The van der Waals surface area contributed by atoms with Crippen molar-refractivity contribution in [3.63, 3.8) is 0 Å². The summed E-state index contributed by atoms with van der Waals surface area (Å²) in [5, 5.41) is 12.9. The molecule has 3 aromatic rings. The molecule has 0 unspecified atom stereocenters. The Morgan fingerprint density at radius 1 is 1.03 bits per heavy atom. The van der Waals surface area contributed by atoms with Gasteiger partial charge in [0.1, 0.15) is 5.75 Å². The number of nitrogens with zero attached hydrogens (tertiary/aromatic N) is 3. The molecule has 4 atom stereocenters. The van der Waals surface area contributed by atoms with Gasteiger partial charge in [-0.25, -0.2) is 23.5 Å². The first-order valence-corrected chi connectivity index (χ1v) is 11.7. The van der Waals surface area contributed by atoms with Crippen molar-refractivity contribution in [3.05, 3.63) is 86.2 Å². The van der Waals surface area contributed by atoms with Crippen LogP contribution in [-0.2, 0) is 23.2 Å². The van der Waals surface area contributed by atoms with Crippen LogP contribution in [0.4, 0.5) is 0 Å². The number of rotatable bonds is 1. The summed E-state index contributed by atoms with van der Waals surface area (Å²) >= 11 is 0. The summed E-state index contributed by atoms with van der Waals surface area (Å²) in [6, 6.07) is 10.5. The van der Waals surface area contributed by atoms with Crippen molar-refractivity contribution >= 4 is 22.3 Å². The number of phenols is 1. The average Bonchev–Trinajstić information content (AvgIpc) is 3.06. The van der Waals surface area contributed by atoms with Crippen molar-refractivity contribution in [2.24, 2.45) is 18.4 Å². The lowest BCUT2D eigenvalue weighted by Crippen LogP contribution is -2.54. The minimum absolute atomic E-state index is 0.0334. The smallest absolute Gasteiger partial charge is 0.347 e. The van der Waals surface area contributed by atoms with Gasteiger partial charge in [-0.2, -0.15) is 0 Å². The van der Waals surface area contributed by atoms with Crippen LogP contribution in [0.5, 0.6) is 5.75 Å². The molecule has 178 valence electrons. The summed E-state index contributed by atoms with van der Waals surface area (Å²) in [6.45, 7) is 3.63. The largest absolute Gasteiger partial charge is 0.508 e. The van der Waals surface area contributed by atoms with E-state index in [0.29, 0.717) is 11.1 Å². The highest BCUT2D eigenvalue weighted by molar-refractivity contribution is 6.13. The molecule has 6 rings (SSSR count). The fourth-order valence-corrected chi connectivity index (χ4v) is 6.66. The molecule has 35 heavy (non-hydrogen) atoms. The maximum Gasteiger partial charge on any atom is 0.347 e. The zero-order valence-electron chi connectivity index (χ0n) is 19.7. The third-order valence-electron chi connectivity index (χ3n) is 8.33. The van der Waals surface area contributed by atoms with Gasteiger partial charge in [0.25, 0.3) is 0 Å². The molecule has 0 spiro atoms. The quantitative estimate of drug-likeness (QED) is 0.550. The van der Waals surface area contributed by atoms with Crippen molar-refractivity contribution in [1.82, 2.24) is 13.9 Å². The van der Waals surface area contributed by atoms with Gasteiger partial charge in [0.05, 0.1) is 18.0 Å². The SMILES string of the molecule is CC1=CC(=O)[C@@H]2C[C@@H]3C(=CCn4c(=O)n(C)c(=O)n43)[C@H](c3c(O)ccc4ccccc34)[C@]2(C)C1=O. The Kier molecular flexibility index (Phi) is 4.34. The summed E-state index contributed by atoms with van der Waals surface area (Å²) in [7, 11) is 1.44. The predicted octanol–water partition coefficient (Wildman–Crippen LogP) is 2.60. The lowest BCUT2D eigenvalue weighted by Gasteiger charge is -2.52. The molecule has 8 nitrogen and oxygen atoms in total. The molecule has 0 radical (unpaired) electrons. The summed E-state index contributed by atoms with van der Waals surface area (Å²) in [5.74, 6) is -1.64. The highest BCUT2D eigenvalue weighted by Gasteiger charge is 2.60. The Hall–Kier alpha value is -3.94. The lowest BCUT2D eigenvalue weighted by molar-refractivity contribution is -0.139. The van der Waals surface area contributed by atoms with Crippen molar-refractivity contribution in [2.45, 2.75) is 38.8 Å². The maximum absolute atomic E-state index is 13.8. The Bertz CT molecular complexity index is 1650. The van der Waals surface area contributed by atoms with Crippen LogP contribution in [0.3, 0.4) is 0 Å². The number of hydrogen-bond donors (Lipinski definition) is 1. The number of phenolic OH excluding ortho intramolecular Hbond substituents is 1. The summed E-state index contributed by atoms with van der Waals surface area (Å²) in [5.41, 5.74) is -0.301. The van der Waals surface area contributed by atoms with Crippen molar-refractivity contribution in [3.8, 4) is 5.75 Å². The van der Waals surface area contributed by atoms with E-state index < -0.39 is 34.7 Å². The standard InChI is InChI=1S/C27H25N3O5/c1-14-12-21(32)18-13-19-17(10-11-29-25(34)28(3)26(35)30(19)29)23(27(18,2)24(14)33)22-16-7-5-4-6-15(16)8-9-20(22)31/h4-10,12,18-19,23,31H,11,13H2,1-3H3/t18-,19+,23+,27+/m0/s1. The molecule has 1 saturated carbocycles. The molecule has 1 fully saturated rings. The summed E-state index contributed by atoms with van der Waals surface area (Å²) in [4.78, 5) is 53.0. The fraction of sp³-hybridized carbons (Fsp3) is 0.333. The number of ketones is 2. The van der Waals surface area contributed by atoms with Crippen LogP contribution in [0, 0.1) is 11.3 Å². The third-order valence-corrected chi connectivity index (χ3v) is 8.33. The molecule has 2 aromatic carbocycles. The molecule has 8 heteroatoms. The lowest BCUT2D eigenvalue weighted by atomic mass is 9.50. The van der Waals surface area contributed by atoms with E-state index in [1.807, 2.05) is 43.3 Å². The molecule has 3 aliphatic rings. The first-order chi connectivity index (χ1) is 16.7. The zero-order valence-corrected chi connectivity index (χ0v) is 19.7. The van der Waals surface area contributed by atoms with Gasteiger partial charge in [-0.3, -0.25) is 9.59 Å². The summed E-state index contributed by atoms with van der Waals surface area (Å²) < 4.78 is 3.87. The number of carbonyl (C=O) groups excluding carboxylic acids is 2. The van der Waals surface area contributed by atoms with Crippen LogP contribution < -0.4 is 11.4 Å². The fourth-order valence-electron chi connectivity index (χ4n) is 6.66. The highest BCUT2D eigenvalue weighted by atomic mass is 16.3. The van der Waals surface area contributed by atoms with Gasteiger partial charge >= 0.3 is 11.4 Å². The number of benzene rings is 2. The van der Waals surface area contributed by atoms with E-state index in [9.17, 15) is 24.3 Å². The molecular weight excluding hydrogens is 446 g/mol. The number of Topliss-reactive ketones (excluding diaryl/α,β-unsaturated/α-hetero) is 1. The molecule has 2 heterocycles. The van der Waals surface area contributed by atoms with E-state index in [-0.39, 0.29) is 30.3 Å². The molecule has 1 aromatic heterocycles. The Morgan fingerprint density at radius 2 is 1.77 bits per heavy atom. The van der Waals surface area contributed by atoms with Crippen molar-refractivity contribution < 1.29 is 14.7 Å². The maximum atomic E-state index is 13.8. The molecule has 0 amide bonds. The number of aromatic hydroxyl groups is 1. The Balaban J connectivity index is 1.71. The van der Waals surface area contributed by atoms with Gasteiger partial charge in [0, 0.05) is 24.4 Å². The van der Waals surface area contributed by atoms with Crippen LogP contribution in [0.15, 0.2) is 69.3 Å². The number of aromatic nitrogens is 3. The van der Waals surface area contributed by atoms with Gasteiger partial charge in [-0.1, -0.05) is 43.3 Å². The molecule has 2 aliphatic carbocycles. The predicted molar refractivity (Wildman–Crippen MR) is 129 cm³/mol.